The van der Waals surface area contributed by atoms with Crippen molar-refractivity contribution in [1.82, 2.24) is 9.78 Å². The fourth-order valence-corrected chi connectivity index (χ4v) is 1.82. The number of rotatable bonds is 4. The first-order valence-corrected chi connectivity index (χ1v) is 5.83. The summed E-state index contributed by atoms with van der Waals surface area (Å²) in [6, 6.07) is 9.27. The molecule has 0 aliphatic heterocycles. The van der Waals surface area contributed by atoms with Crippen LogP contribution in [0.15, 0.2) is 36.5 Å². The Labute approximate surface area is 105 Å². The van der Waals surface area contributed by atoms with Gasteiger partial charge in [0.2, 0.25) is 0 Å². The van der Waals surface area contributed by atoms with Crippen molar-refractivity contribution in [1.29, 1.82) is 0 Å². The van der Waals surface area contributed by atoms with Crippen LogP contribution >= 0.6 is 0 Å². The molecule has 2 aromatic rings. The number of nitrogens with zero attached hydrogens (tertiary/aromatic N) is 2. The highest BCUT2D eigenvalue weighted by Crippen LogP contribution is 2.21. The molecule has 4 N–H and O–H groups in total. The molecule has 1 aromatic carbocycles. The molecule has 5 heteroatoms. The molecule has 5 nitrogen and oxygen atoms in total. The van der Waals surface area contributed by atoms with Crippen molar-refractivity contribution >= 4 is 5.91 Å². The van der Waals surface area contributed by atoms with E-state index in [1.165, 1.54) is 0 Å². The van der Waals surface area contributed by atoms with Gasteiger partial charge in [-0.15, -0.1) is 0 Å². The van der Waals surface area contributed by atoms with Crippen LogP contribution in [0.2, 0.25) is 0 Å². The molecule has 94 valence electrons. The van der Waals surface area contributed by atoms with Crippen molar-refractivity contribution in [2.75, 3.05) is 0 Å². The van der Waals surface area contributed by atoms with Crippen molar-refractivity contribution in [3.8, 4) is 5.69 Å². The second-order valence-electron chi connectivity index (χ2n) is 4.08. The number of para-hydroxylation sites is 1. The molecule has 1 heterocycles. The smallest absolute Gasteiger partial charge is 0.269 e. The summed E-state index contributed by atoms with van der Waals surface area (Å²) in [5, 5.41) is 4.14. The van der Waals surface area contributed by atoms with Crippen LogP contribution in [0.4, 0.5) is 0 Å². The average molecular weight is 244 g/mol. The summed E-state index contributed by atoms with van der Waals surface area (Å²) in [6.45, 7) is 2.03. The van der Waals surface area contributed by atoms with Crippen LogP contribution in [-0.4, -0.2) is 15.7 Å². The van der Waals surface area contributed by atoms with Crippen LogP contribution in [-0.2, 0) is 0 Å². The molecule has 0 saturated carbocycles. The molecule has 0 aliphatic carbocycles. The van der Waals surface area contributed by atoms with E-state index in [0.29, 0.717) is 0 Å². The minimum absolute atomic E-state index is 0.0533. The first kappa shape index (κ1) is 12.3. The van der Waals surface area contributed by atoms with Gasteiger partial charge in [0.15, 0.2) is 0 Å². The highest BCUT2D eigenvalue weighted by Gasteiger charge is 2.12. The van der Waals surface area contributed by atoms with Crippen molar-refractivity contribution in [2.45, 2.75) is 19.4 Å². The Morgan fingerprint density at radius 3 is 2.72 bits per heavy atom. The molecule has 1 atom stereocenters. The first-order chi connectivity index (χ1) is 8.63. The van der Waals surface area contributed by atoms with E-state index in [1.807, 2.05) is 31.2 Å². The largest absolute Gasteiger partial charge is 0.364 e. The number of aromatic nitrogens is 2. The Hall–Kier alpha value is -2.14. The Kier molecular flexibility index (Phi) is 3.43. The zero-order chi connectivity index (χ0) is 13.1. The summed E-state index contributed by atoms with van der Waals surface area (Å²) in [5.41, 5.74) is 13.4. The van der Waals surface area contributed by atoms with E-state index >= 15 is 0 Å². The van der Waals surface area contributed by atoms with Crippen LogP contribution in [0.1, 0.15) is 35.4 Å². The summed E-state index contributed by atoms with van der Waals surface area (Å²) in [7, 11) is 0. The van der Waals surface area contributed by atoms with Crippen LogP contribution in [0.5, 0.6) is 0 Å². The number of carbonyl (C=O) groups is 1. The summed E-state index contributed by atoms with van der Waals surface area (Å²) in [4.78, 5) is 11.0. The molecular formula is C13H16N4O. The highest BCUT2D eigenvalue weighted by atomic mass is 16.1. The Morgan fingerprint density at radius 1 is 1.39 bits per heavy atom. The van der Waals surface area contributed by atoms with E-state index in [0.717, 1.165) is 17.7 Å². The van der Waals surface area contributed by atoms with Gasteiger partial charge in [0.25, 0.3) is 5.91 Å². The number of primary amides is 1. The molecular weight excluding hydrogens is 228 g/mol. The zero-order valence-electron chi connectivity index (χ0n) is 10.2. The fraction of sp³-hybridized carbons (Fsp3) is 0.231. The van der Waals surface area contributed by atoms with E-state index in [2.05, 4.69) is 5.10 Å². The summed E-state index contributed by atoms with van der Waals surface area (Å²) in [6.07, 6.45) is 2.54. The molecule has 18 heavy (non-hydrogen) atoms. The molecule has 0 fully saturated rings. The third-order valence-corrected chi connectivity index (χ3v) is 2.86. The molecule has 0 spiro atoms. The lowest BCUT2D eigenvalue weighted by Crippen LogP contribution is -2.14. The van der Waals surface area contributed by atoms with Crippen LogP contribution in [0.3, 0.4) is 0 Å². The van der Waals surface area contributed by atoms with Gasteiger partial charge < -0.3 is 11.5 Å². The Bertz CT molecular complexity index is 562. The lowest BCUT2D eigenvalue weighted by Gasteiger charge is -2.14. The third-order valence-electron chi connectivity index (χ3n) is 2.86. The van der Waals surface area contributed by atoms with E-state index < -0.39 is 5.91 Å². The monoisotopic (exact) mass is 244 g/mol. The van der Waals surface area contributed by atoms with Crippen LogP contribution in [0, 0.1) is 0 Å². The van der Waals surface area contributed by atoms with Crippen LogP contribution < -0.4 is 11.5 Å². The maximum atomic E-state index is 11.0. The number of carbonyl (C=O) groups excluding carboxylic acids is 1. The van der Waals surface area contributed by atoms with Gasteiger partial charge in [0.1, 0.15) is 5.69 Å². The standard InChI is InChI=1S/C13H16N4O/c1-2-10(14)9-5-3-4-6-12(9)17-8-7-11(16-17)13(15)18/h3-8,10H,2,14H2,1H3,(H2,15,18). The second-order valence-corrected chi connectivity index (χ2v) is 4.08. The van der Waals surface area contributed by atoms with E-state index in [9.17, 15) is 4.79 Å². The zero-order valence-corrected chi connectivity index (χ0v) is 10.2. The molecule has 1 amide bonds. The summed E-state index contributed by atoms with van der Waals surface area (Å²) in [5.74, 6) is -0.536. The average Bonchev–Trinajstić information content (AvgIpc) is 2.87. The molecule has 0 saturated heterocycles. The topological polar surface area (TPSA) is 86.9 Å². The highest BCUT2D eigenvalue weighted by molar-refractivity contribution is 5.90. The van der Waals surface area contributed by atoms with Crippen molar-refractivity contribution in [2.24, 2.45) is 11.5 Å². The number of hydrogen-bond acceptors (Lipinski definition) is 3. The predicted molar refractivity (Wildman–Crippen MR) is 69.3 cm³/mol. The summed E-state index contributed by atoms with van der Waals surface area (Å²) >= 11 is 0. The van der Waals surface area contributed by atoms with Gasteiger partial charge in [-0.05, 0) is 24.1 Å². The maximum Gasteiger partial charge on any atom is 0.269 e. The second kappa shape index (κ2) is 5.01. The molecule has 2 rings (SSSR count). The van der Waals surface area contributed by atoms with Gasteiger partial charge >= 0.3 is 0 Å². The van der Waals surface area contributed by atoms with E-state index in [1.54, 1.807) is 16.9 Å². The predicted octanol–water partition coefficient (Wildman–Crippen LogP) is 1.38. The number of nitrogens with two attached hydrogens (primary N) is 2. The molecule has 0 radical (unpaired) electrons. The Morgan fingerprint density at radius 2 is 2.11 bits per heavy atom. The SMILES string of the molecule is CCC(N)c1ccccc1-n1ccc(C(N)=O)n1. The van der Waals surface area contributed by atoms with Crippen molar-refractivity contribution in [3.05, 3.63) is 47.8 Å². The fourth-order valence-electron chi connectivity index (χ4n) is 1.82. The lowest BCUT2D eigenvalue weighted by atomic mass is 10.0. The van der Waals surface area contributed by atoms with Crippen molar-refractivity contribution < 1.29 is 4.79 Å². The third kappa shape index (κ3) is 2.26. The Balaban J connectivity index is 2.46. The molecule has 1 aromatic heterocycles. The van der Waals surface area contributed by atoms with Gasteiger partial charge in [-0.2, -0.15) is 5.10 Å². The van der Waals surface area contributed by atoms with Crippen LogP contribution in [0.25, 0.3) is 5.69 Å². The summed E-state index contributed by atoms with van der Waals surface area (Å²) < 4.78 is 1.63. The lowest BCUT2D eigenvalue weighted by molar-refractivity contribution is 0.0995. The van der Waals surface area contributed by atoms with Gasteiger partial charge in [0, 0.05) is 12.2 Å². The molecule has 0 bridgehead atoms. The van der Waals surface area contributed by atoms with Gasteiger partial charge in [-0.1, -0.05) is 25.1 Å². The molecule has 1 unspecified atom stereocenters. The van der Waals surface area contributed by atoms with E-state index in [4.69, 9.17) is 11.5 Å². The minimum Gasteiger partial charge on any atom is -0.364 e. The maximum absolute atomic E-state index is 11.0. The minimum atomic E-state index is -0.536. The normalized spacial score (nSPS) is 12.3. The number of benzene rings is 1. The quantitative estimate of drug-likeness (QED) is 0.851. The van der Waals surface area contributed by atoms with Crippen molar-refractivity contribution in [3.63, 3.8) is 0 Å². The van der Waals surface area contributed by atoms with Gasteiger partial charge in [-0.25, -0.2) is 4.68 Å². The number of hydrogen-bond donors (Lipinski definition) is 2. The van der Waals surface area contributed by atoms with Gasteiger partial charge in [-0.3, -0.25) is 4.79 Å². The number of amides is 1. The van der Waals surface area contributed by atoms with Gasteiger partial charge in [0.05, 0.1) is 5.69 Å². The first-order valence-electron chi connectivity index (χ1n) is 5.83. The van der Waals surface area contributed by atoms with E-state index in [-0.39, 0.29) is 11.7 Å². The molecule has 0 aliphatic rings.